The number of amides is 4. The molecule has 2 aromatic rings. The van der Waals surface area contributed by atoms with Gasteiger partial charge in [-0.15, -0.1) is 0 Å². The van der Waals surface area contributed by atoms with E-state index in [0.717, 1.165) is 24.5 Å². The van der Waals surface area contributed by atoms with Gasteiger partial charge in [-0.3, -0.25) is 29.0 Å². The Balaban J connectivity index is 1.18. The molecule has 10 heteroatoms. The molecule has 3 aliphatic heterocycles. The van der Waals surface area contributed by atoms with Gasteiger partial charge in [0.2, 0.25) is 5.91 Å². The van der Waals surface area contributed by atoms with Crippen LogP contribution in [-0.2, 0) is 14.3 Å². The van der Waals surface area contributed by atoms with Gasteiger partial charge in [-0.25, -0.2) is 0 Å². The highest BCUT2D eigenvalue weighted by molar-refractivity contribution is 6.21. The van der Waals surface area contributed by atoms with Gasteiger partial charge in [-0.05, 0) is 24.3 Å². The molecule has 0 unspecified atom stereocenters. The molecule has 1 saturated heterocycles. The van der Waals surface area contributed by atoms with Crippen LogP contribution < -0.4 is 15.0 Å². The Kier molecular flexibility index (Phi) is 6.47. The highest BCUT2D eigenvalue weighted by Gasteiger charge is 2.35. The number of carbonyl (C=O) groups excluding carboxylic acids is 4. The molecule has 0 bridgehead atoms. The number of nitrogens with one attached hydrogen (secondary N) is 1. The molecular weight excluding hydrogens is 452 g/mol. The smallest absolute Gasteiger partial charge is 0.265 e. The number of nitrogens with zero attached hydrogens (tertiary/aromatic N) is 3. The van der Waals surface area contributed by atoms with Crippen LogP contribution in [0.25, 0.3) is 0 Å². The molecule has 0 atom stereocenters. The lowest BCUT2D eigenvalue weighted by molar-refractivity contribution is -0.121. The monoisotopic (exact) mass is 478 g/mol. The fourth-order valence-corrected chi connectivity index (χ4v) is 4.47. The van der Waals surface area contributed by atoms with Gasteiger partial charge < -0.3 is 19.7 Å². The first kappa shape index (κ1) is 23.0. The van der Waals surface area contributed by atoms with Crippen molar-refractivity contribution in [2.24, 2.45) is 0 Å². The zero-order chi connectivity index (χ0) is 24.4. The number of carbonyl (C=O) groups is 4. The third-order valence-electron chi connectivity index (χ3n) is 6.37. The summed E-state index contributed by atoms with van der Waals surface area (Å²) in [6.07, 6.45) is -0.0342. The lowest BCUT2D eigenvalue weighted by Gasteiger charge is -2.33. The molecule has 3 aliphatic rings. The standard InChI is InChI=1S/C25H26N4O6/c30-22(7-8-29-24(32)18-3-1-2-4-19(18)25(29)33)26-17-5-6-20-21(15-17)35-16-23(31)28(20)10-9-27-11-13-34-14-12-27/h1-6,15H,7-14,16H2,(H,26,30). The minimum absolute atomic E-state index is 0.0105. The molecule has 4 amide bonds. The zero-order valence-electron chi connectivity index (χ0n) is 19.2. The molecule has 182 valence electrons. The number of benzene rings is 2. The molecule has 0 saturated carbocycles. The molecule has 2 aromatic carbocycles. The highest BCUT2D eigenvalue weighted by Crippen LogP contribution is 2.34. The number of ether oxygens (including phenoxy) is 2. The van der Waals surface area contributed by atoms with E-state index in [1.54, 1.807) is 47.4 Å². The van der Waals surface area contributed by atoms with Crippen LogP contribution >= 0.6 is 0 Å². The number of morpholine rings is 1. The quantitative estimate of drug-likeness (QED) is 0.599. The fraction of sp³-hybridized carbons (Fsp3) is 0.360. The fourth-order valence-electron chi connectivity index (χ4n) is 4.47. The largest absolute Gasteiger partial charge is 0.481 e. The summed E-state index contributed by atoms with van der Waals surface area (Å²) in [5.41, 5.74) is 1.90. The van der Waals surface area contributed by atoms with E-state index in [2.05, 4.69) is 10.2 Å². The summed E-state index contributed by atoms with van der Waals surface area (Å²) < 4.78 is 11.0. The second-order valence-electron chi connectivity index (χ2n) is 8.58. The van der Waals surface area contributed by atoms with Crippen LogP contribution in [0, 0.1) is 0 Å². The molecule has 0 aliphatic carbocycles. The summed E-state index contributed by atoms with van der Waals surface area (Å²) in [7, 11) is 0. The summed E-state index contributed by atoms with van der Waals surface area (Å²) in [5.74, 6) is -0.699. The maximum absolute atomic E-state index is 12.5. The van der Waals surface area contributed by atoms with E-state index in [1.165, 1.54) is 0 Å². The molecule has 0 aromatic heterocycles. The minimum Gasteiger partial charge on any atom is -0.481 e. The first-order valence-corrected chi connectivity index (χ1v) is 11.6. The van der Waals surface area contributed by atoms with Crippen LogP contribution in [0.1, 0.15) is 27.1 Å². The first-order valence-electron chi connectivity index (χ1n) is 11.6. The number of hydrogen-bond acceptors (Lipinski definition) is 7. The summed E-state index contributed by atoms with van der Waals surface area (Å²) in [6.45, 7) is 4.30. The molecule has 35 heavy (non-hydrogen) atoms. The van der Waals surface area contributed by atoms with Crippen LogP contribution in [0.5, 0.6) is 5.75 Å². The first-order chi connectivity index (χ1) is 17.0. The Hall–Kier alpha value is -3.76. The molecule has 0 radical (unpaired) electrons. The van der Waals surface area contributed by atoms with Gasteiger partial charge in [0.1, 0.15) is 5.75 Å². The van der Waals surface area contributed by atoms with E-state index in [-0.39, 0.29) is 43.2 Å². The second-order valence-corrected chi connectivity index (χ2v) is 8.58. The Labute approximate surface area is 202 Å². The third-order valence-corrected chi connectivity index (χ3v) is 6.37. The second kappa shape index (κ2) is 9.85. The molecule has 5 rings (SSSR count). The average Bonchev–Trinajstić information content (AvgIpc) is 3.12. The van der Waals surface area contributed by atoms with Crippen molar-refractivity contribution in [3.63, 3.8) is 0 Å². The highest BCUT2D eigenvalue weighted by atomic mass is 16.5. The van der Waals surface area contributed by atoms with E-state index in [9.17, 15) is 19.2 Å². The van der Waals surface area contributed by atoms with Crippen LogP contribution in [0.4, 0.5) is 11.4 Å². The molecular formula is C25H26N4O6. The Morgan fingerprint density at radius 3 is 2.31 bits per heavy atom. The van der Waals surface area contributed by atoms with Gasteiger partial charge in [0, 0.05) is 50.9 Å². The van der Waals surface area contributed by atoms with Gasteiger partial charge in [0.25, 0.3) is 17.7 Å². The lowest BCUT2D eigenvalue weighted by Crippen LogP contribution is -2.45. The van der Waals surface area contributed by atoms with Gasteiger partial charge in [-0.1, -0.05) is 12.1 Å². The van der Waals surface area contributed by atoms with Crippen molar-refractivity contribution in [3.05, 3.63) is 53.6 Å². The van der Waals surface area contributed by atoms with Crippen molar-refractivity contribution in [2.45, 2.75) is 6.42 Å². The number of anilines is 2. The van der Waals surface area contributed by atoms with Gasteiger partial charge in [-0.2, -0.15) is 0 Å². The van der Waals surface area contributed by atoms with E-state index < -0.39 is 0 Å². The maximum atomic E-state index is 12.5. The summed E-state index contributed by atoms with van der Waals surface area (Å²) in [5, 5.41) is 2.78. The average molecular weight is 479 g/mol. The molecule has 3 heterocycles. The number of fused-ring (bicyclic) bond motifs is 2. The zero-order valence-corrected chi connectivity index (χ0v) is 19.2. The SMILES string of the molecule is O=C(CCN1C(=O)c2ccccc2C1=O)Nc1ccc2c(c1)OCC(=O)N2CCN1CCOCC1. The van der Waals surface area contributed by atoms with E-state index >= 15 is 0 Å². The summed E-state index contributed by atoms with van der Waals surface area (Å²) in [4.78, 5) is 55.0. The number of rotatable bonds is 7. The summed E-state index contributed by atoms with van der Waals surface area (Å²) >= 11 is 0. The van der Waals surface area contributed by atoms with E-state index in [0.29, 0.717) is 48.0 Å². The van der Waals surface area contributed by atoms with Crippen LogP contribution in [0.3, 0.4) is 0 Å². The van der Waals surface area contributed by atoms with Crippen LogP contribution in [0.15, 0.2) is 42.5 Å². The van der Waals surface area contributed by atoms with Crippen molar-refractivity contribution in [2.75, 3.05) is 62.8 Å². The van der Waals surface area contributed by atoms with E-state index in [4.69, 9.17) is 9.47 Å². The van der Waals surface area contributed by atoms with Gasteiger partial charge in [0.15, 0.2) is 6.61 Å². The van der Waals surface area contributed by atoms with Crippen LogP contribution in [0.2, 0.25) is 0 Å². The van der Waals surface area contributed by atoms with Crippen molar-refractivity contribution in [1.29, 1.82) is 0 Å². The molecule has 10 nitrogen and oxygen atoms in total. The normalized spacial score (nSPS) is 17.8. The van der Waals surface area contributed by atoms with Crippen molar-refractivity contribution in [3.8, 4) is 5.75 Å². The summed E-state index contributed by atoms with van der Waals surface area (Å²) in [6, 6.07) is 11.8. The topological polar surface area (TPSA) is 108 Å². The lowest BCUT2D eigenvalue weighted by atomic mass is 10.1. The Bertz CT molecular complexity index is 1140. The molecule has 0 spiro atoms. The predicted molar refractivity (Wildman–Crippen MR) is 127 cm³/mol. The van der Waals surface area contributed by atoms with Crippen molar-refractivity contribution < 1.29 is 28.7 Å². The third kappa shape index (κ3) is 4.75. The van der Waals surface area contributed by atoms with E-state index in [1.807, 2.05) is 0 Å². The molecule has 1 fully saturated rings. The minimum atomic E-state index is -0.387. The van der Waals surface area contributed by atoms with Gasteiger partial charge >= 0.3 is 0 Å². The Morgan fingerprint density at radius 1 is 0.886 bits per heavy atom. The Morgan fingerprint density at radius 2 is 1.60 bits per heavy atom. The van der Waals surface area contributed by atoms with Crippen molar-refractivity contribution >= 4 is 35.0 Å². The number of hydrogen-bond donors (Lipinski definition) is 1. The maximum Gasteiger partial charge on any atom is 0.265 e. The van der Waals surface area contributed by atoms with Crippen LogP contribution in [-0.4, -0.2) is 86.0 Å². The van der Waals surface area contributed by atoms with Crippen molar-refractivity contribution in [1.82, 2.24) is 9.80 Å². The predicted octanol–water partition coefficient (Wildman–Crippen LogP) is 1.37. The van der Waals surface area contributed by atoms with Gasteiger partial charge in [0.05, 0.1) is 30.0 Å². The molecule has 1 N–H and O–H groups in total. The number of imide groups is 1.